The highest BCUT2D eigenvalue weighted by atomic mass is 16.5. The molecule has 3 atom stereocenters. The molecule has 4 aromatic rings. The predicted molar refractivity (Wildman–Crippen MR) is 194 cm³/mol. The van der Waals surface area contributed by atoms with Gasteiger partial charge in [0.1, 0.15) is 17.7 Å². The molecule has 3 unspecified atom stereocenters. The Morgan fingerprint density at radius 1 is 1.10 bits per heavy atom. The van der Waals surface area contributed by atoms with Gasteiger partial charge in [-0.25, -0.2) is 14.8 Å². The number of imidazole rings is 1. The summed E-state index contributed by atoms with van der Waals surface area (Å²) >= 11 is 0. The number of urea groups is 1. The Labute approximate surface area is 293 Å². The zero-order valence-electron chi connectivity index (χ0n) is 29.6. The van der Waals surface area contributed by atoms with Crippen LogP contribution < -0.4 is 20.3 Å². The second-order valence-electron chi connectivity index (χ2n) is 14.5. The van der Waals surface area contributed by atoms with Gasteiger partial charge in [-0.15, -0.1) is 10.2 Å². The molecule has 266 valence electrons. The lowest BCUT2D eigenvalue weighted by Gasteiger charge is -2.33. The average Bonchev–Trinajstić information content (AvgIpc) is 3.72. The lowest BCUT2D eigenvalue weighted by atomic mass is 9.85. The molecule has 1 aromatic carbocycles. The fraction of sp³-hybridized carbons (Fsp3) is 0.514. The minimum atomic E-state index is -0.399. The van der Waals surface area contributed by atoms with Crippen molar-refractivity contribution in [2.45, 2.75) is 91.3 Å². The van der Waals surface area contributed by atoms with E-state index in [-0.39, 0.29) is 25.2 Å². The van der Waals surface area contributed by atoms with Crippen molar-refractivity contribution in [2.24, 2.45) is 16.3 Å². The van der Waals surface area contributed by atoms with Crippen LogP contribution in [0.4, 0.5) is 16.6 Å². The smallest absolute Gasteiger partial charge is 0.320 e. The molecule has 3 aromatic heterocycles. The summed E-state index contributed by atoms with van der Waals surface area (Å²) in [6.45, 7) is 10.5. The molecule has 4 N–H and O–H groups in total. The number of amides is 2. The molecule has 4 heterocycles. The maximum atomic E-state index is 13.5. The van der Waals surface area contributed by atoms with E-state index in [4.69, 9.17) is 10.1 Å². The van der Waals surface area contributed by atoms with Gasteiger partial charge in [-0.05, 0) is 66.7 Å². The number of fused-ring (bicyclic) bond motifs is 2. The van der Waals surface area contributed by atoms with Gasteiger partial charge in [0.25, 0.3) is 0 Å². The summed E-state index contributed by atoms with van der Waals surface area (Å²) in [5, 5.41) is 32.9. The van der Waals surface area contributed by atoms with Crippen LogP contribution in [0.2, 0.25) is 0 Å². The first-order chi connectivity index (χ1) is 24.1. The molecule has 13 nitrogen and oxygen atoms in total. The van der Waals surface area contributed by atoms with Crippen LogP contribution in [0.5, 0.6) is 5.75 Å². The van der Waals surface area contributed by atoms with Gasteiger partial charge in [-0.1, -0.05) is 58.4 Å². The van der Waals surface area contributed by atoms with E-state index in [1.807, 2.05) is 61.7 Å². The van der Waals surface area contributed by atoms with E-state index in [1.165, 1.54) is 19.3 Å². The molecule has 13 heteroatoms. The number of hydrogen-bond acceptors (Lipinski definition) is 9. The van der Waals surface area contributed by atoms with Crippen molar-refractivity contribution in [3.05, 3.63) is 66.2 Å². The van der Waals surface area contributed by atoms with E-state index < -0.39 is 11.4 Å². The highest BCUT2D eigenvalue weighted by Gasteiger charge is 2.30. The summed E-state index contributed by atoms with van der Waals surface area (Å²) in [5.74, 6) is 3.02. The van der Waals surface area contributed by atoms with Crippen LogP contribution in [-0.4, -0.2) is 66.5 Å². The van der Waals surface area contributed by atoms with Gasteiger partial charge >= 0.3 is 6.03 Å². The Balaban J connectivity index is 1.16. The molecule has 0 saturated carbocycles. The lowest BCUT2D eigenvalue weighted by molar-refractivity contribution is 0.171. The molecule has 1 aliphatic carbocycles. The van der Waals surface area contributed by atoms with Gasteiger partial charge < -0.3 is 30.0 Å². The number of aliphatic imine (C=N–C) groups is 1. The van der Waals surface area contributed by atoms with Crippen molar-refractivity contribution in [1.82, 2.24) is 34.8 Å². The van der Waals surface area contributed by atoms with Gasteiger partial charge in [0.2, 0.25) is 5.95 Å². The highest BCUT2D eigenvalue weighted by Crippen LogP contribution is 2.39. The number of carbonyl (C=O) groups excluding carboxylic acids is 1. The number of carbonyl (C=O) groups is 1. The molecular formula is C37H50N10O3. The largest absolute Gasteiger partial charge is 0.484 e. The topological polar surface area (TPSA) is 158 Å². The Morgan fingerprint density at radius 3 is 2.70 bits per heavy atom. The van der Waals surface area contributed by atoms with Crippen LogP contribution in [0.3, 0.4) is 0 Å². The Kier molecular flexibility index (Phi) is 10.8. The van der Waals surface area contributed by atoms with E-state index in [0.717, 1.165) is 48.0 Å². The van der Waals surface area contributed by atoms with Crippen LogP contribution in [0.25, 0.3) is 5.65 Å². The maximum absolute atomic E-state index is 13.5. The highest BCUT2D eigenvalue weighted by molar-refractivity contribution is 6.09. The molecule has 0 radical (unpaired) electrons. The summed E-state index contributed by atoms with van der Waals surface area (Å²) in [6.07, 6.45) is 11.5. The number of aromatic nitrogens is 5. The number of amidine groups is 1. The van der Waals surface area contributed by atoms with Crippen LogP contribution >= 0.6 is 0 Å². The molecule has 2 amide bonds. The third kappa shape index (κ3) is 8.32. The van der Waals surface area contributed by atoms with Gasteiger partial charge in [-0.3, -0.25) is 9.72 Å². The number of benzene rings is 1. The minimum Gasteiger partial charge on any atom is -0.484 e. The molecule has 1 fully saturated rings. The second kappa shape index (κ2) is 15.4. The van der Waals surface area contributed by atoms with Gasteiger partial charge in [0, 0.05) is 38.0 Å². The van der Waals surface area contributed by atoms with Crippen LogP contribution in [0, 0.1) is 16.7 Å². The third-order valence-corrected chi connectivity index (χ3v) is 9.61. The van der Waals surface area contributed by atoms with Crippen molar-refractivity contribution < 1.29 is 14.6 Å². The van der Waals surface area contributed by atoms with E-state index in [0.29, 0.717) is 42.7 Å². The van der Waals surface area contributed by atoms with Crippen molar-refractivity contribution >= 4 is 35.0 Å². The Morgan fingerprint density at radius 2 is 1.92 bits per heavy atom. The number of aliphatic hydroxyl groups excluding tert-OH is 1. The Hall–Kier alpha value is -4.78. The zero-order chi connectivity index (χ0) is 35.3. The third-order valence-electron chi connectivity index (χ3n) is 9.61. The summed E-state index contributed by atoms with van der Waals surface area (Å²) in [6, 6.07) is 11.4. The first-order valence-electron chi connectivity index (χ1n) is 17.8. The number of aliphatic hydroxyl groups is 1. The number of nitrogens with one attached hydrogen (secondary N) is 3. The van der Waals surface area contributed by atoms with Crippen molar-refractivity contribution in [3.8, 4) is 5.75 Å². The number of nitrogens with zero attached hydrogens (tertiary/aromatic N) is 7. The normalized spacial score (nSPS) is 19.7. The SMILES string of the molecule is CCCC1CCCN(c2nnc3ccc(OC4CCC(NC(=O)NC(CC(=N)C(C)(C)C)=Nc5cn(CCO)cn5)c5ccccc54)cn23)C1. The number of rotatable bonds is 11. The second-order valence-corrected chi connectivity index (χ2v) is 14.5. The number of anilines is 1. The van der Waals surface area contributed by atoms with E-state index in [1.54, 1.807) is 17.1 Å². The first kappa shape index (κ1) is 35.1. The van der Waals surface area contributed by atoms with Gasteiger partial charge in [-0.2, -0.15) is 0 Å². The Bertz CT molecular complexity index is 1820. The molecule has 1 aliphatic heterocycles. The molecule has 50 heavy (non-hydrogen) atoms. The molecule has 0 spiro atoms. The summed E-state index contributed by atoms with van der Waals surface area (Å²) in [7, 11) is 0. The van der Waals surface area contributed by atoms with Crippen molar-refractivity contribution in [3.63, 3.8) is 0 Å². The fourth-order valence-electron chi connectivity index (χ4n) is 6.87. The number of piperidine rings is 1. The quantitative estimate of drug-likeness (QED) is 0.106. The molecule has 1 saturated heterocycles. The average molecular weight is 683 g/mol. The monoisotopic (exact) mass is 682 g/mol. The lowest BCUT2D eigenvalue weighted by Crippen LogP contribution is -2.43. The molecule has 2 aliphatic rings. The van der Waals surface area contributed by atoms with E-state index in [2.05, 4.69) is 48.7 Å². The zero-order valence-corrected chi connectivity index (χ0v) is 29.6. The fourth-order valence-corrected chi connectivity index (χ4v) is 6.87. The van der Waals surface area contributed by atoms with Crippen molar-refractivity contribution in [2.75, 3.05) is 24.6 Å². The van der Waals surface area contributed by atoms with Crippen LogP contribution in [0.15, 0.2) is 60.1 Å². The maximum Gasteiger partial charge on any atom is 0.320 e. The number of ether oxygens (including phenoxy) is 1. The van der Waals surface area contributed by atoms with E-state index in [9.17, 15) is 9.90 Å². The minimum absolute atomic E-state index is 0.0208. The molecule has 0 bridgehead atoms. The van der Waals surface area contributed by atoms with E-state index >= 15 is 0 Å². The summed E-state index contributed by atoms with van der Waals surface area (Å²) in [4.78, 5) is 24.7. The molecule has 6 rings (SSSR count). The summed E-state index contributed by atoms with van der Waals surface area (Å²) in [5.41, 5.74) is 2.87. The number of pyridine rings is 1. The number of hydrogen-bond donors (Lipinski definition) is 4. The summed E-state index contributed by atoms with van der Waals surface area (Å²) < 4.78 is 10.4. The predicted octanol–water partition coefficient (Wildman–Crippen LogP) is 6.37. The van der Waals surface area contributed by atoms with Crippen LogP contribution in [0.1, 0.15) is 95.9 Å². The molecular weight excluding hydrogens is 632 g/mol. The van der Waals surface area contributed by atoms with Crippen molar-refractivity contribution in [1.29, 1.82) is 5.41 Å². The standard InChI is InChI=1S/C37H50N10O3/c1-5-9-25-10-8-17-46(21-25)36-44-43-34-16-13-26(22-47(34)36)50-30-15-14-29(27-11-6-7-12-28(27)30)40-35(49)42-32(20-31(38)37(2,3)4)41-33-23-45(18-19-48)24-39-33/h6-7,11-13,16,22-25,29-30,38,48H,5,8-10,14-15,17-21H2,1-4H3,(H2,40,41,42,49). The van der Waals surface area contributed by atoms with Gasteiger partial charge in [0.15, 0.2) is 11.5 Å². The first-order valence-corrected chi connectivity index (χ1v) is 17.8. The van der Waals surface area contributed by atoms with Gasteiger partial charge in [0.05, 0.1) is 25.2 Å². The van der Waals surface area contributed by atoms with Crippen LogP contribution in [-0.2, 0) is 6.54 Å².